The van der Waals surface area contributed by atoms with Crippen LogP contribution in [0.4, 0.5) is 0 Å². The Morgan fingerprint density at radius 1 is 1.23 bits per heavy atom. The van der Waals surface area contributed by atoms with Crippen molar-refractivity contribution in [1.82, 2.24) is 0 Å². The van der Waals surface area contributed by atoms with Gasteiger partial charge in [0.1, 0.15) is 5.75 Å². The molecule has 0 aliphatic carbocycles. The lowest BCUT2D eigenvalue weighted by Gasteiger charge is -2.05. The van der Waals surface area contributed by atoms with E-state index in [1.165, 1.54) is 9.80 Å². The summed E-state index contributed by atoms with van der Waals surface area (Å²) in [7, 11) is 1.66. The van der Waals surface area contributed by atoms with Crippen LogP contribution in [0.5, 0.6) is 5.75 Å². The maximum Gasteiger partial charge on any atom is 0.118 e. The molecule has 1 rings (SSSR count). The topological polar surface area (TPSA) is 55.5 Å². The van der Waals surface area contributed by atoms with Gasteiger partial charge in [-0.2, -0.15) is 0 Å². The molecule has 1 aromatic rings. The van der Waals surface area contributed by atoms with Gasteiger partial charge in [0, 0.05) is 10.6 Å². The van der Waals surface area contributed by atoms with Crippen molar-refractivity contribution in [2.75, 3.05) is 7.11 Å². The van der Waals surface area contributed by atoms with Crippen LogP contribution in [0.15, 0.2) is 63.8 Å². The van der Waals surface area contributed by atoms with Gasteiger partial charge >= 0.3 is 0 Å². The zero-order valence-corrected chi connectivity index (χ0v) is 14.9. The van der Waals surface area contributed by atoms with E-state index in [1.54, 1.807) is 31.9 Å². The number of methoxy groups -OCH3 is 1. The van der Waals surface area contributed by atoms with Crippen LogP contribution in [0.25, 0.3) is 0 Å². The molecule has 0 aromatic heterocycles. The van der Waals surface area contributed by atoms with Gasteiger partial charge in [-0.3, -0.25) is 0 Å². The van der Waals surface area contributed by atoms with Crippen LogP contribution < -0.4 is 10.5 Å². The van der Waals surface area contributed by atoms with Gasteiger partial charge in [0.2, 0.25) is 0 Å². The number of rotatable bonds is 5. The zero-order chi connectivity index (χ0) is 17.0. The minimum Gasteiger partial charge on any atom is -0.513 e. The number of nitrogens with two attached hydrogens (primary N) is 1. The second-order valence-electron chi connectivity index (χ2n) is 4.60. The number of allylic oxidation sites excluding steroid dienone is 6. The molecule has 0 spiro atoms. The number of hydrogen-bond donors (Lipinski definition) is 2. The molecule has 122 valence electrons. The molecule has 3 N–H and O–H groups in total. The molecule has 1 aromatic carbocycles. The zero-order valence-electron chi connectivity index (χ0n) is 14.1. The van der Waals surface area contributed by atoms with Gasteiger partial charge in [0.25, 0.3) is 0 Å². The number of ether oxygens (including phenoxy) is 1. The Kier molecular flexibility index (Phi) is 10.8. The van der Waals surface area contributed by atoms with Crippen LogP contribution in [0, 0.1) is 0 Å². The Morgan fingerprint density at radius 3 is 2.14 bits per heavy atom. The van der Waals surface area contributed by atoms with E-state index in [2.05, 4.69) is 6.92 Å². The first-order valence-corrected chi connectivity index (χ1v) is 8.01. The van der Waals surface area contributed by atoms with Crippen molar-refractivity contribution in [3.63, 3.8) is 0 Å². The molecular weight excluding hydrogens is 294 g/mol. The summed E-state index contributed by atoms with van der Waals surface area (Å²) in [6.45, 7) is 7.54. The molecule has 0 unspecified atom stereocenters. The summed E-state index contributed by atoms with van der Waals surface area (Å²) < 4.78 is 5.11. The summed E-state index contributed by atoms with van der Waals surface area (Å²) in [5.74, 6) is 1.19. The highest BCUT2D eigenvalue weighted by atomic mass is 32.2. The molecule has 3 nitrogen and oxygen atoms in total. The Balaban J connectivity index is 0.000000763. The average molecular weight is 321 g/mol. The molecule has 0 amide bonds. The van der Waals surface area contributed by atoms with Gasteiger partial charge in [0.05, 0.1) is 12.9 Å². The number of aliphatic hydroxyl groups excluding tert-OH is 1. The SMILES string of the molecule is C/C=C(\C)N.CC/C(=C\C=C(/C)O)Sc1ccc(OC)cc1. The standard InChI is InChI=1S/C14H18O2S.C4H9N/c1-4-13(8-5-11(2)15)17-14-9-6-12(16-3)7-10-14;1-3-4(2)5/h5-10,15H,4H2,1-3H3;3H,5H2,1-2H3/b11-5+,13-8+;4-3+. The number of aliphatic hydroxyl groups is 1. The largest absolute Gasteiger partial charge is 0.513 e. The second-order valence-corrected chi connectivity index (χ2v) is 5.80. The fraction of sp³-hybridized carbons (Fsp3) is 0.333. The molecule has 0 heterocycles. The maximum atomic E-state index is 9.12. The lowest BCUT2D eigenvalue weighted by Crippen LogP contribution is -1.86. The molecule has 4 heteroatoms. The highest BCUT2D eigenvalue weighted by Crippen LogP contribution is 2.30. The third kappa shape index (κ3) is 10.00. The third-order valence-electron chi connectivity index (χ3n) is 2.62. The van der Waals surface area contributed by atoms with Gasteiger partial charge in [-0.1, -0.05) is 24.8 Å². The molecule has 0 bridgehead atoms. The van der Waals surface area contributed by atoms with E-state index in [0.29, 0.717) is 5.76 Å². The molecule has 0 saturated carbocycles. The third-order valence-corrected chi connectivity index (χ3v) is 3.82. The molecule has 0 aliphatic rings. The van der Waals surface area contributed by atoms with E-state index in [4.69, 9.17) is 15.6 Å². The molecule has 0 atom stereocenters. The Labute approximate surface area is 138 Å². The minimum absolute atomic E-state index is 0.325. The average Bonchev–Trinajstić information content (AvgIpc) is 2.52. The van der Waals surface area contributed by atoms with Crippen molar-refractivity contribution in [1.29, 1.82) is 0 Å². The maximum absolute atomic E-state index is 9.12. The van der Waals surface area contributed by atoms with Gasteiger partial charge in [-0.25, -0.2) is 0 Å². The van der Waals surface area contributed by atoms with Gasteiger partial charge < -0.3 is 15.6 Å². The first kappa shape index (κ1) is 20.2. The molecule has 0 saturated heterocycles. The van der Waals surface area contributed by atoms with E-state index in [-0.39, 0.29) is 0 Å². The monoisotopic (exact) mass is 321 g/mol. The summed E-state index contributed by atoms with van der Waals surface area (Å²) >= 11 is 1.70. The molecule has 0 aliphatic heterocycles. The summed E-state index contributed by atoms with van der Waals surface area (Å²) in [5.41, 5.74) is 6.03. The Bertz CT molecular complexity index is 508. The fourth-order valence-electron chi connectivity index (χ4n) is 1.23. The number of hydrogen-bond acceptors (Lipinski definition) is 4. The van der Waals surface area contributed by atoms with Gasteiger partial charge in [-0.15, -0.1) is 0 Å². The highest BCUT2D eigenvalue weighted by molar-refractivity contribution is 8.03. The second kappa shape index (κ2) is 11.8. The van der Waals surface area contributed by atoms with Crippen LogP contribution in [-0.4, -0.2) is 12.2 Å². The highest BCUT2D eigenvalue weighted by Gasteiger charge is 1.99. The summed E-state index contributed by atoms with van der Waals surface area (Å²) in [4.78, 5) is 2.38. The van der Waals surface area contributed by atoms with E-state index >= 15 is 0 Å². The van der Waals surface area contributed by atoms with Crippen LogP contribution in [0.2, 0.25) is 0 Å². The van der Waals surface area contributed by atoms with Crippen molar-refractivity contribution in [2.45, 2.75) is 39.0 Å². The Hall–Kier alpha value is -1.81. The number of benzene rings is 1. The number of thioether (sulfide) groups is 1. The van der Waals surface area contributed by atoms with Gasteiger partial charge in [0.15, 0.2) is 0 Å². The lowest BCUT2D eigenvalue weighted by atomic mass is 10.3. The van der Waals surface area contributed by atoms with Crippen LogP contribution in [0.1, 0.15) is 34.1 Å². The fourth-order valence-corrected chi connectivity index (χ4v) is 2.09. The van der Waals surface area contributed by atoms with Crippen molar-refractivity contribution >= 4 is 11.8 Å². The van der Waals surface area contributed by atoms with Crippen molar-refractivity contribution < 1.29 is 9.84 Å². The van der Waals surface area contributed by atoms with Crippen molar-refractivity contribution in [3.05, 3.63) is 58.9 Å². The van der Waals surface area contributed by atoms with Gasteiger partial charge in [-0.05, 0) is 68.5 Å². The molecule has 0 radical (unpaired) electrons. The quantitative estimate of drug-likeness (QED) is 0.432. The molecular formula is C18H27NO2S. The van der Waals surface area contributed by atoms with Crippen molar-refractivity contribution in [3.8, 4) is 5.75 Å². The van der Waals surface area contributed by atoms with Crippen molar-refractivity contribution in [2.24, 2.45) is 5.73 Å². The van der Waals surface area contributed by atoms with E-state index in [9.17, 15) is 0 Å². The summed E-state index contributed by atoms with van der Waals surface area (Å²) in [5, 5.41) is 9.12. The van der Waals surface area contributed by atoms with Crippen LogP contribution in [-0.2, 0) is 0 Å². The smallest absolute Gasteiger partial charge is 0.118 e. The normalized spacial score (nSPS) is 12.5. The van der Waals surface area contributed by atoms with Crippen LogP contribution in [0.3, 0.4) is 0 Å². The summed E-state index contributed by atoms with van der Waals surface area (Å²) in [6, 6.07) is 7.95. The Morgan fingerprint density at radius 2 is 1.77 bits per heavy atom. The predicted octanol–water partition coefficient (Wildman–Crippen LogP) is 5.41. The minimum atomic E-state index is 0.325. The molecule has 22 heavy (non-hydrogen) atoms. The summed E-state index contributed by atoms with van der Waals surface area (Å²) in [6.07, 6.45) is 6.47. The van der Waals surface area contributed by atoms with E-state index in [1.807, 2.05) is 50.3 Å². The van der Waals surface area contributed by atoms with Crippen LogP contribution >= 0.6 is 11.8 Å². The van der Waals surface area contributed by atoms with E-state index < -0.39 is 0 Å². The lowest BCUT2D eigenvalue weighted by molar-refractivity contribution is 0.414. The first-order valence-electron chi connectivity index (χ1n) is 7.19. The first-order chi connectivity index (χ1) is 10.4. The predicted molar refractivity (Wildman–Crippen MR) is 97.2 cm³/mol. The van der Waals surface area contributed by atoms with E-state index in [0.717, 1.165) is 17.9 Å². The molecule has 0 fully saturated rings.